The number of rotatable bonds is 15. The van der Waals surface area contributed by atoms with Crippen molar-refractivity contribution in [3.05, 3.63) is 633 Å². The lowest BCUT2D eigenvalue weighted by molar-refractivity contribution is 0.768. The molecule has 0 nitrogen and oxygen atoms in total. The quantitative estimate of drug-likeness (QED) is 0.0960. The average Bonchev–Trinajstić information content (AvgIpc) is 1.52. The topological polar surface area (TPSA) is 0 Å². The zero-order valence-corrected chi connectivity index (χ0v) is 72.2. The monoisotopic (exact) mass is 1660 g/mol. The molecule has 0 saturated carbocycles. The van der Waals surface area contributed by atoms with E-state index in [4.69, 9.17) is 0 Å². The van der Waals surface area contributed by atoms with Crippen LogP contribution in [-0.4, -0.2) is 0 Å². The third-order valence-corrected chi connectivity index (χ3v) is 30.1. The Bertz CT molecular complexity index is 7490. The molecule has 5 aliphatic carbocycles. The molecule has 610 valence electrons. The van der Waals surface area contributed by atoms with E-state index in [2.05, 4.69) is 522 Å². The van der Waals surface area contributed by atoms with E-state index in [1.807, 2.05) is 0 Å². The van der Waals surface area contributed by atoms with Gasteiger partial charge in [-0.3, -0.25) is 0 Å². The third kappa shape index (κ3) is 10.7. The van der Waals surface area contributed by atoms with E-state index >= 15 is 0 Å². The number of benzene rings is 21. The van der Waals surface area contributed by atoms with Crippen LogP contribution in [0.3, 0.4) is 0 Å². The van der Waals surface area contributed by atoms with Crippen molar-refractivity contribution in [2.75, 3.05) is 0 Å². The number of hydrogen-bond donors (Lipinski definition) is 0. The SMILES string of the molecule is c1ccc(C2(c3ccccc3)c3ccccc3-c3ccc(-c4cc(-c5ccc6c(c5)C(c5ccccc5)(c5ccccc5)c5ccccc5-6)c(-c5ccc6c(c5)C(c5ccccc5)(c5ccccc5)c5ccccc5-6)c(-c5ccc6c(c5)C(c5ccccc5)(c5ccccc5)c5ccccc5-6)c4-c4ccc5c(c4)C(c4ccccc4)(c4ccccc4)c4ccccc4-5)cc32)cc1. The summed E-state index contributed by atoms with van der Waals surface area (Å²) in [6.07, 6.45) is 0. The van der Waals surface area contributed by atoms with Gasteiger partial charge in [0.25, 0.3) is 0 Å². The van der Waals surface area contributed by atoms with Gasteiger partial charge in [-0.1, -0.05) is 485 Å². The molecule has 0 atom stereocenters. The molecule has 0 spiro atoms. The molecule has 0 aliphatic heterocycles. The highest BCUT2D eigenvalue weighted by molar-refractivity contribution is 6.11. The van der Waals surface area contributed by atoms with Crippen molar-refractivity contribution in [2.24, 2.45) is 0 Å². The summed E-state index contributed by atoms with van der Waals surface area (Å²) in [7, 11) is 0. The van der Waals surface area contributed by atoms with Crippen molar-refractivity contribution in [1.29, 1.82) is 0 Å². The lowest BCUT2D eigenvalue weighted by Gasteiger charge is -2.35. The van der Waals surface area contributed by atoms with Crippen LogP contribution in [0.1, 0.15) is 111 Å². The second kappa shape index (κ2) is 29.9. The van der Waals surface area contributed by atoms with Gasteiger partial charge >= 0.3 is 0 Å². The molecule has 0 N–H and O–H groups in total. The molecule has 0 saturated heterocycles. The molecule has 0 radical (unpaired) electrons. The van der Waals surface area contributed by atoms with E-state index in [1.165, 1.54) is 167 Å². The maximum atomic E-state index is 2.68. The fourth-order valence-electron chi connectivity index (χ4n) is 25.1. The predicted octanol–water partition coefficient (Wildman–Crippen LogP) is 31.8. The maximum absolute atomic E-state index is 2.68. The Balaban J connectivity index is 0.885. The standard InChI is InChI=1S/C131H86/c1-11-41-92(42-12-1)127(93-43-13-2-14-44-93)114-66-36-31-61-102(114)107-76-71-87(81-119(107)127)112-86-113(88-72-77-108-103-62-32-37-67-115(103)128(120(108)82-88,94-45-15-3-16-46-94)95-47-17-4-18-48-95)125(90-74-79-110-105-64-34-39-69-117(105)130(122(110)84-90,98-53-23-7-24-54-98)99-55-25-8-26-56-99)126(91-75-80-111-106-65-35-40-70-118(106)131(123(111)85-91,100-57-27-9-28-58-100)101-59-29-10-30-60-101)124(112)89-73-78-109-104-63-33-38-68-116(104)129(121(109)83-89,96-49-19-5-20-50-96)97-51-21-6-22-52-97/h1-86H. The summed E-state index contributed by atoms with van der Waals surface area (Å²) in [4.78, 5) is 0. The zero-order valence-electron chi connectivity index (χ0n) is 72.2. The first-order valence-electron chi connectivity index (χ1n) is 46.0. The molecule has 0 fully saturated rings. The Hall–Kier alpha value is -16.4. The lowest BCUT2D eigenvalue weighted by Crippen LogP contribution is -2.28. The van der Waals surface area contributed by atoms with E-state index in [-0.39, 0.29) is 0 Å². The minimum atomic E-state index is -0.778. The van der Waals surface area contributed by atoms with Crippen LogP contribution in [-0.2, 0) is 27.1 Å². The molecule has 0 amide bonds. The summed E-state index contributed by atoms with van der Waals surface area (Å²) in [6.45, 7) is 0. The fourth-order valence-corrected chi connectivity index (χ4v) is 25.1. The van der Waals surface area contributed by atoms with Gasteiger partial charge in [-0.2, -0.15) is 0 Å². The van der Waals surface area contributed by atoms with E-state index in [0.717, 1.165) is 55.6 Å². The van der Waals surface area contributed by atoms with E-state index in [1.54, 1.807) is 0 Å². The van der Waals surface area contributed by atoms with Crippen molar-refractivity contribution in [2.45, 2.75) is 27.1 Å². The van der Waals surface area contributed by atoms with Gasteiger partial charge in [0.2, 0.25) is 0 Å². The molecular formula is C131H86. The Kier molecular flexibility index (Phi) is 17.3. The summed E-state index contributed by atoms with van der Waals surface area (Å²) in [5.74, 6) is 0. The van der Waals surface area contributed by atoms with Gasteiger partial charge in [-0.05, 0) is 259 Å². The van der Waals surface area contributed by atoms with Crippen LogP contribution in [0.4, 0.5) is 0 Å². The van der Waals surface area contributed by atoms with Crippen LogP contribution >= 0.6 is 0 Å². The Morgan fingerprint density at radius 1 is 0.0916 bits per heavy atom. The molecule has 26 rings (SSSR count). The minimum Gasteiger partial charge on any atom is -0.0622 e. The average molecular weight is 1660 g/mol. The molecular weight excluding hydrogens is 1570 g/mol. The molecule has 0 heteroatoms. The van der Waals surface area contributed by atoms with Gasteiger partial charge in [0.15, 0.2) is 0 Å². The molecule has 0 aromatic heterocycles. The lowest BCUT2D eigenvalue weighted by atomic mass is 9.66. The van der Waals surface area contributed by atoms with Gasteiger partial charge in [0.05, 0.1) is 27.1 Å². The largest absolute Gasteiger partial charge is 0.0713 e. The summed E-state index contributed by atoms with van der Waals surface area (Å²) < 4.78 is 0. The number of fused-ring (bicyclic) bond motifs is 15. The summed E-state index contributed by atoms with van der Waals surface area (Å²) >= 11 is 0. The highest BCUT2D eigenvalue weighted by Gasteiger charge is 2.53. The molecule has 131 heavy (non-hydrogen) atoms. The second-order valence-corrected chi connectivity index (χ2v) is 36.0. The maximum Gasteiger partial charge on any atom is 0.0713 e. The normalized spacial score (nSPS) is 14.4. The first kappa shape index (κ1) is 75.9. The van der Waals surface area contributed by atoms with E-state index < -0.39 is 27.1 Å². The van der Waals surface area contributed by atoms with Gasteiger partial charge in [0.1, 0.15) is 0 Å². The third-order valence-electron chi connectivity index (χ3n) is 30.1. The Morgan fingerprint density at radius 3 is 0.427 bits per heavy atom. The van der Waals surface area contributed by atoms with Crippen LogP contribution in [0.25, 0.3) is 111 Å². The number of hydrogen-bond acceptors (Lipinski definition) is 0. The molecule has 21 aromatic carbocycles. The molecule has 0 heterocycles. The van der Waals surface area contributed by atoms with Gasteiger partial charge < -0.3 is 0 Å². The van der Waals surface area contributed by atoms with Crippen molar-refractivity contribution < 1.29 is 0 Å². The smallest absolute Gasteiger partial charge is 0.0622 e. The molecule has 21 aromatic rings. The van der Waals surface area contributed by atoms with Gasteiger partial charge in [0, 0.05) is 0 Å². The van der Waals surface area contributed by atoms with Gasteiger partial charge in [-0.25, -0.2) is 0 Å². The van der Waals surface area contributed by atoms with Crippen molar-refractivity contribution in [3.63, 3.8) is 0 Å². The Morgan fingerprint density at radius 2 is 0.237 bits per heavy atom. The summed E-state index contributed by atoms with van der Waals surface area (Å²) in [5.41, 5.74) is 44.0. The van der Waals surface area contributed by atoms with Crippen LogP contribution in [0.15, 0.2) is 522 Å². The predicted molar refractivity (Wildman–Crippen MR) is 540 cm³/mol. The van der Waals surface area contributed by atoms with Crippen molar-refractivity contribution >= 4 is 0 Å². The fraction of sp³-hybridized carbons (Fsp3) is 0.0382. The van der Waals surface area contributed by atoms with Crippen LogP contribution in [0.5, 0.6) is 0 Å². The van der Waals surface area contributed by atoms with Crippen molar-refractivity contribution in [1.82, 2.24) is 0 Å². The van der Waals surface area contributed by atoms with Crippen LogP contribution < -0.4 is 0 Å². The summed E-state index contributed by atoms with van der Waals surface area (Å²) in [5, 5.41) is 0. The first-order chi connectivity index (χ1) is 65.0. The van der Waals surface area contributed by atoms with Crippen molar-refractivity contribution in [3.8, 4) is 111 Å². The molecule has 0 bridgehead atoms. The Labute approximate surface area is 765 Å². The van der Waals surface area contributed by atoms with E-state index in [9.17, 15) is 0 Å². The molecule has 0 unspecified atom stereocenters. The van der Waals surface area contributed by atoms with Crippen LogP contribution in [0, 0.1) is 0 Å². The van der Waals surface area contributed by atoms with Gasteiger partial charge in [-0.15, -0.1) is 0 Å². The van der Waals surface area contributed by atoms with Crippen LogP contribution in [0.2, 0.25) is 0 Å². The first-order valence-corrected chi connectivity index (χ1v) is 46.0. The highest BCUT2D eigenvalue weighted by Crippen LogP contribution is 2.66. The second-order valence-electron chi connectivity index (χ2n) is 36.0. The molecule has 5 aliphatic rings. The minimum absolute atomic E-state index is 0.743. The highest BCUT2D eigenvalue weighted by atomic mass is 14.5. The van der Waals surface area contributed by atoms with E-state index in [0.29, 0.717) is 0 Å². The summed E-state index contributed by atoms with van der Waals surface area (Å²) in [6, 6.07) is 201. The zero-order chi connectivity index (χ0) is 86.4.